The summed E-state index contributed by atoms with van der Waals surface area (Å²) in [7, 11) is 0. The van der Waals surface area contributed by atoms with Gasteiger partial charge >= 0.3 is 5.97 Å². The van der Waals surface area contributed by atoms with Crippen LogP contribution in [0.25, 0.3) is 10.9 Å². The van der Waals surface area contributed by atoms with E-state index in [2.05, 4.69) is 52.5 Å². The summed E-state index contributed by atoms with van der Waals surface area (Å²) in [6.07, 6.45) is 7.46. The highest BCUT2D eigenvalue weighted by Crippen LogP contribution is 2.27. The van der Waals surface area contributed by atoms with E-state index in [1.165, 1.54) is 28.8 Å². The van der Waals surface area contributed by atoms with Crippen LogP contribution >= 0.6 is 11.8 Å². The van der Waals surface area contributed by atoms with Crippen molar-refractivity contribution >= 4 is 87.8 Å². The smallest absolute Gasteiger partial charge is 0.326 e. The fourth-order valence-electron chi connectivity index (χ4n) is 11.8. The fraction of sp³-hybridized carbons (Fsp3) is 0.551. The minimum atomic E-state index is -1.39. The summed E-state index contributed by atoms with van der Waals surface area (Å²) in [5.74, 6) is -8.71. The summed E-state index contributed by atoms with van der Waals surface area (Å²) in [6, 6.07) is 9.59. The van der Waals surface area contributed by atoms with Crippen molar-refractivity contribution < 1.29 is 58.2 Å². The Balaban J connectivity index is 1.42. The third-order valence-corrected chi connectivity index (χ3v) is 18.1. The van der Waals surface area contributed by atoms with Gasteiger partial charge in [0.2, 0.25) is 53.2 Å². The molecule has 9 amide bonds. The Hall–Kier alpha value is -8.84. The van der Waals surface area contributed by atoms with Crippen LogP contribution in [-0.4, -0.2) is 190 Å². The number of benzene rings is 3. The van der Waals surface area contributed by atoms with Crippen LogP contribution in [0.5, 0.6) is 5.75 Å². The van der Waals surface area contributed by atoms with Crippen molar-refractivity contribution in [3.63, 3.8) is 0 Å². The van der Waals surface area contributed by atoms with Gasteiger partial charge in [-0.2, -0.15) is 11.8 Å². The molecule has 0 spiro atoms. The predicted octanol–water partition coefficient (Wildman–Crippen LogP) is 0.278. The van der Waals surface area contributed by atoms with Gasteiger partial charge in [0.25, 0.3) is 0 Å². The molecule has 0 aliphatic carbocycles. The molecule has 1 fully saturated rings. The van der Waals surface area contributed by atoms with E-state index in [0.717, 1.165) is 10.9 Å². The number of likely N-dealkylation sites (tertiary alicyclic amines) is 1. The number of para-hydroxylation sites is 1. The molecule has 544 valence electrons. The lowest BCUT2D eigenvalue weighted by Crippen LogP contribution is -2.62. The number of amides is 9. The average Bonchev–Trinajstić information content (AvgIpc) is 1.74. The second kappa shape index (κ2) is 42.2. The molecule has 2 heterocycles. The van der Waals surface area contributed by atoms with Crippen molar-refractivity contribution in [1.82, 2.24) is 52.4 Å². The first-order chi connectivity index (χ1) is 47.4. The number of guanidine groups is 1. The van der Waals surface area contributed by atoms with Crippen LogP contribution in [0.4, 0.5) is 0 Å². The SMILES string of the molecule is CSCC[C@H](NC(=O)[C@@H](NC(=O)[C@@H]1[C@H](C)CCN1C(=O)[C@H](Cc1ccc(O)cc1)NC(=O)[C@H](Cc1ccccc1)NC(=O)[C@H](CCCN=C(N)N)NC(=O)[C@H](N)CCCCN)C(C)C)C(=O)N[C@@H](Cc1c[nH]c2ccccc12)C(=O)N[C@@H](CCCCN)C(=O)N[C@H](CCCCN)C(=O)O. The van der Waals surface area contributed by atoms with E-state index in [1.54, 1.807) is 69.4 Å². The van der Waals surface area contributed by atoms with Gasteiger partial charge in [0.05, 0.1) is 6.04 Å². The standard InChI is InChI=1S/C69H105N17O12S/c1-41(2)57(65(94)80-52(30-36-99-4)62(91)83-55(39-45-40-77-49-21-9-8-19-47(45)49)64(93)79-50(22-11-14-32-71)60(89)81-53(68(97)98)23-12-15-33-72)85-66(95)58-42(3)29-35-86(58)67(96)56(38-44-25-27-46(87)28-26-44)84-63(92)54(37-43-17-6-5-7-18-43)82-61(90)51(24-16-34-76-69(74)75)78-59(88)48(73)20-10-13-31-70/h5-9,17-19,21,25-28,40-42,48,50-58,77,87H,10-16,20,22-24,29-39,70-73H2,1-4H3,(H,78,88)(H,79,93)(H,80,94)(H,81,89)(H,82,90)(H,83,91)(H,84,92)(H,85,95)(H,97,98)(H4,74,75,76)/t42-,48-,50+,51+,52+,53-,54+,55+,56+,57+,58+/m1/s1. The topological polar surface area (TPSA) is 495 Å². The van der Waals surface area contributed by atoms with E-state index < -0.39 is 131 Å². The first-order valence-corrected chi connectivity index (χ1v) is 35.5. The van der Waals surface area contributed by atoms with E-state index in [0.29, 0.717) is 93.4 Å². The molecule has 0 bridgehead atoms. The quantitative estimate of drug-likeness (QED) is 0.0161. The summed E-state index contributed by atoms with van der Waals surface area (Å²) in [5, 5.41) is 43.4. The zero-order valence-corrected chi connectivity index (χ0v) is 58.1. The molecule has 4 aromatic rings. The molecule has 0 saturated carbocycles. The van der Waals surface area contributed by atoms with Gasteiger partial charge in [0, 0.05) is 49.5 Å². The molecule has 23 N–H and O–H groups in total. The number of aromatic amines is 1. The number of carboxylic acid groups (broad SMARTS) is 1. The highest BCUT2D eigenvalue weighted by atomic mass is 32.2. The van der Waals surface area contributed by atoms with Gasteiger partial charge in [-0.3, -0.25) is 48.1 Å². The predicted molar refractivity (Wildman–Crippen MR) is 381 cm³/mol. The van der Waals surface area contributed by atoms with Gasteiger partial charge in [0.15, 0.2) is 5.96 Å². The number of nitrogens with two attached hydrogens (primary N) is 6. The number of H-pyrrole nitrogens is 1. The lowest BCUT2D eigenvalue weighted by atomic mass is 9.97. The highest BCUT2D eigenvalue weighted by molar-refractivity contribution is 7.98. The summed E-state index contributed by atoms with van der Waals surface area (Å²) >= 11 is 1.40. The van der Waals surface area contributed by atoms with Gasteiger partial charge in [-0.25, -0.2) is 4.79 Å². The molecule has 0 unspecified atom stereocenters. The minimum absolute atomic E-state index is 0.0435. The van der Waals surface area contributed by atoms with Crippen LogP contribution in [0.2, 0.25) is 0 Å². The van der Waals surface area contributed by atoms with Crippen LogP contribution < -0.4 is 76.9 Å². The number of aliphatic carboxylic acids is 1. The number of nitrogens with one attached hydrogen (secondary N) is 9. The second-order valence-electron chi connectivity index (χ2n) is 25.6. The van der Waals surface area contributed by atoms with Crippen molar-refractivity contribution in [3.8, 4) is 5.75 Å². The number of fused-ring (bicyclic) bond motifs is 1. The highest BCUT2D eigenvalue weighted by Gasteiger charge is 2.44. The maximum Gasteiger partial charge on any atom is 0.326 e. The summed E-state index contributed by atoms with van der Waals surface area (Å²) in [5.41, 5.74) is 37.0. The van der Waals surface area contributed by atoms with Crippen molar-refractivity contribution in [2.45, 2.75) is 184 Å². The number of rotatable bonds is 44. The Morgan fingerprint density at radius 2 is 1.06 bits per heavy atom. The Morgan fingerprint density at radius 1 is 0.576 bits per heavy atom. The molecule has 1 saturated heterocycles. The van der Waals surface area contributed by atoms with Crippen molar-refractivity contribution in [1.29, 1.82) is 0 Å². The lowest BCUT2D eigenvalue weighted by Gasteiger charge is -2.33. The van der Waals surface area contributed by atoms with Gasteiger partial charge in [-0.1, -0.05) is 87.9 Å². The van der Waals surface area contributed by atoms with Crippen LogP contribution in [0.3, 0.4) is 0 Å². The van der Waals surface area contributed by atoms with Crippen LogP contribution in [0.1, 0.15) is 121 Å². The number of hydrogen-bond acceptors (Lipinski definition) is 17. The van der Waals surface area contributed by atoms with Gasteiger partial charge in [-0.05, 0) is 155 Å². The number of thioether (sulfide) groups is 1. The lowest BCUT2D eigenvalue weighted by molar-refractivity contribution is -0.143. The van der Waals surface area contributed by atoms with E-state index >= 15 is 4.79 Å². The Bertz CT molecular complexity index is 3300. The summed E-state index contributed by atoms with van der Waals surface area (Å²) < 4.78 is 0. The fourth-order valence-corrected chi connectivity index (χ4v) is 12.2. The summed E-state index contributed by atoms with van der Waals surface area (Å²) in [4.78, 5) is 152. The second-order valence-corrected chi connectivity index (χ2v) is 26.5. The van der Waals surface area contributed by atoms with E-state index in [4.69, 9.17) is 34.4 Å². The van der Waals surface area contributed by atoms with Crippen LogP contribution in [0.15, 0.2) is 90.1 Å². The third kappa shape index (κ3) is 26.4. The number of aliphatic imine (C=N–C) groups is 1. The molecule has 3 aromatic carbocycles. The number of unbranched alkanes of at least 4 members (excludes halogenated alkanes) is 3. The maximum absolute atomic E-state index is 15.3. The number of phenols is 1. The van der Waals surface area contributed by atoms with Gasteiger partial charge in [-0.15, -0.1) is 0 Å². The van der Waals surface area contributed by atoms with Crippen LogP contribution in [0, 0.1) is 11.8 Å². The molecular formula is C69H105N17O12S. The number of hydrogen-bond donors (Lipinski definition) is 17. The molecule has 30 heteroatoms. The normalized spacial score (nSPS) is 16.3. The Labute approximate surface area is 583 Å². The molecule has 1 aliphatic rings. The third-order valence-electron chi connectivity index (χ3n) is 17.4. The first-order valence-electron chi connectivity index (χ1n) is 34.1. The van der Waals surface area contributed by atoms with E-state index in [9.17, 15) is 53.4 Å². The molecule has 29 nitrogen and oxygen atoms in total. The number of aromatic hydroxyl groups is 1. The zero-order valence-electron chi connectivity index (χ0n) is 57.3. The number of nitrogens with zero attached hydrogens (tertiary/aromatic N) is 2. The number of carbonyl (C=O) groups is 10. The van der Waals surface area contributed by atoms with Crippen molar-refractivity contribution in [3.05, 3.63) is 102 Å². The molecule has 0 radical (unpaired) electrons. The van der Waals surface area contributed by atoms with Crippen molar-refractivity contribution in [2.24, 2.45) is 51.2 Å². The number of carbonyl (C=O) groups excluding carboxylic acids is 9. The average molecular weight is 1400 g/mol. The number of carboxylic acids is 1. The number of aromatic nitrogens is 1. The van der Waals surface area contributed by atoms with Crippen molar-refractivity contribution in [2.75, 3.05) is 44.7 Å². The monoisotopic (exact) mass is 1400 g/mol. The minimum Gasteiger partial charge on any atom is -0.508 e. The number of phenolic OH excluding ortho intramolecular Hbond substituents is 1. The first kappa shape index (κ1) is 80.8. The molecule has 99 heavy (non-hydrogen) atoms. The zero-order chi connectivity index (χ0) is 72.6. The largest absolute Gasteiger partial charge is 0.508 e. The summed E-state index contributed by atoms with van der Waals surface area (Å²) in [6.45, 7) is 6.36. The van der Waals surface area contributed by atoms with E-state index in [1.807, 2.05) is 30.5 Å². The molecule has 11 atom stereocenters. The maximum atomic E-state index is 15.3. The van der Waals surface area contributed by atoms with Gasteiger partial charge < -0.3 is 97.0 Å². The van der Waals surface area contributed by atoms with Gasteiger partial charge in [0.1, 0.15) is 60.1 Å². The molecular weight excluding hydrogens is 1290 g/mol. The Morgan fingerprint density at radius 3 is 1.65 bits per heavy atom. The molecule has 5 rings (SSSR count). The molecule has 1 aromatic heterocycles. The van der Waals surface area contributed by atoms with Crippen LogP contribution in [-0.2, 0) is 67.2 Å². The van der Waals surface area contributed by atoms with E-state index in [-0.39, 0.29) is 76.2 Å². The Kier molecular flexibility index (Phi) is 34.5. The molecule has 1 aliphatic heterocycles.